The molecule has 0 atom stereocenters. The highest BCUT2D eigenvalue weighted by molar-refractivity contribution is 7.09. The van der Waals surface area contributed by atoms with E-state index in [1.165, 1.54) is 18.5 Å². The first-order valence-corrected chi connectivity index (χ1v) is 6.64. The number of guanidine groups is 1. The normalized spacial score (nSPS) is 16.2. The van der Waals surface area contributed by atoms with Crippen molar-refractivity contribution in [1.29, 1.82) is 0 Å². The molecule has 1 aromatic rings. The van der Waals surface area contributed by atoms with Gasteiger partial charge in [0.25, 0.3) is 0 Å². The number of hydrogen-bond donors (Lipinski definition) is 2. The van der Waals surface area contributed by atoms with Gasteiger partial charge in [0.05, 0.1) is 18.8 Å². The van der Waals surface area contributed by atoms with Crippen LogP contribution >= 0.6 is 11.3 Å². The average molecular weight is 254 g/mol. The summed E-state index contributed by atoms with van der Waals surface area (Å²) in [5.74, 6) is 1.16. The number of aromatic nitrogens is 1. The van der Waals surface area contributed by atoms with Crippen LogP contribution in [0.3, 0.4) is 0 Å². The summed E-state index contributed by atoms with van der Waals surface area (Å²) >= 11 is 1.66. The Balaban J connectivity index is 1.76. The Kier molecular flexibility index (Phi) is 4.33. The third-order valence-electron chi connectivity index (χ3n) is 2.56. The number of ether oxygens (including phenoxy) is 1. The van der Waals surface area contributed by atoms with Gasteiger partial charge in [0.2, 0.25) is 0 Å². The van der Waals surface area contributed by atoms with Gasteiger partial charge in [-0.1, -0.05) is 0 Å². The zero-order chi connectivity index (χ0) is 12.1. The maximum Gasteiger partial charge on any atom is 0.189 e. The standard InChI is InChI=1S/C11H18N4OS/c1-16-5-4-13-11(12)14-6-10-15-9(7-17-10)8-2-3-8/h7-8H,2-6H2,1H3,(H3,12,13,14). The number of nitrogens with zero attached hydrogens (tertiary/aromatic N) is 2. The molecule has 0 aliphatic heterocycles. The van der Waals surface area contributed by atoms with Crippen LogP contribution in [0.25, 0.3) is 0 Å². The molecule has 1 saturated carbocycles. The maximum absolute atomic E-state index is 5.70. The third kappa shape index (κ3) is 3.98. The Morgan fingerprint density at radius 1 is 1.71 bits per heavy atom. The monoisotopic (exact) mass is 254 g/mol. The van der Waals surface area contributed by atoms with Gasteiger partial charge in [0, 0.05) is 25.0 Å². The van der Waals surface area contributed by atoms with Crippen molar-refractivity contribution in [3.63, 3.8) is 0 Å². The SMILES string of the molecule is COCCNC(N)=NCc1nc(C2CC2)cs1. The fourth-order valence-corrected chi connectivity index (χ4v) is 2.25. The molecule has 5 nitrogen and oxygen atoms in total. The topological polar surface area (TPSA) is 72.5 Å². The number of methoxy groups -OCH3 is 1. The summed E-state index contributed by atoms with van der Waals surface area (Å²) < 4.78 is 4.91. The van der Waals surface area contributed by atoms with Crippen LogP contribution < -0.4 is 11.1 Å². The molecule has 0 amide bonds. The zero-order valence-corrected chi connectivity index (χ0v) is 10.8. The van der Waals surface area contributed by atoms with Gasteiger partial charge in [0.1, 0.15) is 5.01 Å². The summed E-state index contributed by atoms with van der Waals surface area (Å²) in [6.45, 7) is 1.86. The highest BCUT2D eigenvalue weighted by Crippen LogP contribution is 2.40. The van der Waals surface area contributed by atoms with E-state index in [1.54, 1.807) is 18.4 Å². The first-order chi connectivity index (χ1) is 8.29. The molecule has 0 spiro atoms. The van der Waals surface area contributed by atoms with E-state index in [9.17, 15) is 0 Å². The number of aliphatic imine (C=N–C) groups is 1. The third-order valence-corrected chi connectivity index (χ3v) is 3.41. The van der Waals surface area contributed by atoms with Gasteiger partial charge in [-0.05, 0) is 12.8 Å². The summed E-state index contributed by atoms with van der Waals surface area (Å²) in [4.78, 5) is 8.78. The summed E-state index contributed by atoms with van der Waals surface area (Å²) in [5.41, 5.74) is 6.93. The molecule has 17 heavy (non-hydrogen) atoms. The van der Waals surface area contributed by atoms with Crippen molar-refractivity contribution in [3.8, 4) is 0 Å². The zero-order valence-electron chi connectivity index (χ0n) is 9.98. The van der Waals surface area contributed by atoms with Crippen LogP contribution in [0.5, 0.6) is 0 Å². The first kappa shape index (κ1) is 12.3. The molecule has 3 N–H and O–H groups in total. The molecule has 1 aliphatic carbocycles. The summed E-state index contributed by atoms with van der Waals surface area (Å²) in [6, 6.07) is 0. The van der Waals surface area contributed by atoms with Crippen molar-refractivity contribution < 1.29 is 4.74 Å². The minimum atomic E-state index is 0.449. The van der Waals surface area contributed by atoms with E-state index in [0.717, 1.165) is 5.01 Å². The number of rotatable bonds is 6. The lowest BCUT2D eigenvalue weighted by Gasteiger charge is -2.03. The molecule has 0 unspecified atom stereocenters. The van der Waals surface area contributed by atoms with E-state index in [1.807, 2.05) is 0 Å². The Bertz CT molecular complexity index is 387. The molecule has 1 aromatic heterocycles. The van der Waals surface area contributed by atoms with Crippen LogP contribution in [0.1, 0.15) is 29.5 Å². The van der Waals surface area contributed by atoms with E-state index < -0.39 is 0 Å². The number of hydrogen-bond acceptors (Lipinski definition) is 4. The van der Waals surface area contributed by atoms with Crippen LogP contribution in [-0.2, 0) is 11.3 Å². The van der Waals surface area contributed by atoms with Crippen molar-refractivity contribution in [2.75, 3.05) is 20.3 Å². The van der Waals surface area contributed by atoms with Gasteiger partial charge >= 0.3 is 0 Å². The summed E-state index contributed by atoms with van der Waals surface area (Å²) in [5, 5.41) is 6.14. The number of thiazole rings is 1. The largest absolute Gasteiger partial charge is 0.383 e. The first-order valence-electron chi connectivity index (χ1n) is 5.76. The highest BCUT2D eigenvalue weighted by atomic mass is 32.1. The van der Waals surface area contributed by atoms with Gasteiger partial charge in [-0.25, -0.2) is 9.98 Å². The minimum Gasteiger partial charge on any atom is -0.383 e. The summed E-state index contributed by atoms with van der Waals surface area (Å²) in [6.07, 6.45) is 2.57. The van der Waals surface area contributed by atoms with E-state index in [2.05, 4.69) is 20.7 Å². The van der Waals surface area contributed by atoms with Gasteiger partial charge < -0.3 is 15.8 Å². The van der Waals surface area contributed by atoms with Crippen LogP contribution in [0.2, 0.25) is 0 Å². The fraction of sp³-hybridized carbons (Fsp3) is 0.636. The van der Waals surface area contributed by atoms with Gasteiger partial charge in [0.15, 0.2) is 5.96 Å². The molecular formula is C11H18N4OS. The van der Waals surface area contributed by atoms with Crippen LogP contribution in [0.4, 0.5) is 0 Å². The van der Waals surface area contributed by atoms with Crippen molar-refractivity contribution in [3.05, 3.63) is 16.1 Å². The van der Waals surface area contributed by atoms with Gasteiger partial charge in [-0.3, -0.25) is 0 Å². The molecule has 0 radical (unpaired) electrons. The van der Waals surface area contributed by atoms with E-state index in [-0.39, 0.29) is 0 Å². The molecule has 1 heterocycles. The van der Waals surface area contributed by atoms with Crippen LogP contribution in [-0.4, -0.2) is 31.2 Å². The molecular weight excluding hydrogens is 236 g/mol. The molecule has 0 aromatic carbocycles. The molecule has 2 rings (SSSR count). The second-order valence-corrected chi connectivity index (χ2v) is 5.00. The molecule has 1 fully saturated rings. The molecule has 6 heteroatoms. The fourth-order valence-electron chi connectivity index (χ4n) is 1.45. The van der Waals surface area contributed by atoms with E-state index in [0.29, 0.717) is 31.6 Å². The lowest BCUT2D eigenvalue weighted by atomic mass is 10.3. The molecule has 0 bridgehead atoms. The quantitative estimate of drug-likeness (QED) is 0.452. The van der Waals surface area contributed by atoms with Crippen molar-refractivity contribution in [2.45, 2.75) is 25.3 Å². The predicted octanol–water partition coefficient (Wildman–Crippen LogP) is 1.07. The number of nitrogens with two attached hydrogens (primary N) is 1. The van der Waals surface area contributed by atoms with Crippen molar-refractivity contribution in [2.24, 2.45) is 10.7 Å². The molecule has 0 saturated heterocycles. The predicted molar refractivity (Wildman–Crippen MR) is 69.3 cm³/mol. The lowest BCUT2D eigenvalue weighted by Crippen LogP contribution is -2.34. The number of nitrogens with one attached hydrogen (secondary N) is 1. The Morgan fingerprint density at radius 2 is 2.53 bits per heavy atom. The highest BCUT2D eigenvalue weighted by Gasteiger charge is 2.25. The van der Waals surface area contributed by atoms with Gasteiger partial charge in [-0.2, -0.15) is 0 Å². The maximum atomic E-state index is 5.70. The lowest BCUT2D eigenvalue weighted by molar-refractivity contribution is 0.204. The Labute approximate surface area is 105 Å². The van der Waals surface area contributed by atoms with E-state index in [4.69, 9.17) is 10.5 Å². The van der Waals surface area contributed by atoms with Crippen molar-refractivity contribution in [1.82, 2.24) is 10.3 Å². The van der Waals surface area contributed by atoms with Gasteiger partial charge in [-0.15, -0.1) is 11.3 Å². The average Bonchev–Trinajstić information content (AvgIpc) is 3.07. The second-order valence-electron chi connectivity index (χ2n) is 4.06. The second kappa shape index (κ2) is 5.97. The molecule has 1 aliphatic rings. The van der Waals surface area contributed by atoms with Crippen LogP contribution in [0.15, 0.2) is 10.4 Å². The Morgan fingerprint density at radius 3 is 3.24 bits per heavy atom. The van der Waals surface area contributed by atoms with Crippen molar-refractivity contribution >= 4 is 17.3 Å². The summed E-state index contributed by atoms with van der Waals surface area (Å²) in [7, 11) is 1.66. The minimum absolute atomic E-state index is 0.449. The smallest absolute Gasteiger partial charge is 0.189 e. The molecule has 94 valence electrons. The Hall–Kier alpha value is -1.14. The van der Waals surface area contributed by atoms with Crippen LogP contribution in [0, 0.1) is 0 Å². The van der Waals surface area contributed by atoms with E-state index >= 15 is 0 Å².